The smallest absolute Gasteiger partial charge is 0.308 e. The Hall–Kier alpha value is -1.78. The Labute approximate surface area is 105 Å². The largest absolute Gasteiger partial charge is 0.481 e. The molecule has 2 unspecified atom stereocenters. The summed E-state index contributed by atoms with van der Waals surface area (Å²) in [6.07, 6.45) is 4.71. The van der Waals surface area contributed by atoms with Crippen molar-refractivity contribution in [2.24, 2.45) is 5.92 Å². The molecule has 18 heavy (non-hydrogen) atoms. The van der Waals surface area contributed by atoms with E-state index in [1.165, 1.54) is 0 Å². The summed E-state index contributed by atoms with van der Waals surface area (Å²) >= 11 is 0. The quantitative estimate of drug-likeness (QED) is 0.832. The Balaban J connectivity index is 1.78. The van der Waals surface area contributed by atoms with Gasteiger partial charge in [0.25, 0.3) is 0 Å². The van der Waals surface area contributed by atoms with Crippen molar-refractivity contribution in [3.63, 3.8) is 0 Å². The van der Waals surface area contributed by atoms with Gasteiger partial charge in [0.2, 0.25) is 5.91 Å². The first-order valence-electron chi connectivity index (χ1n) is 6.21. The summed E-state index contributed by atoms with van der Waals surface area (Å²) in [7, 11) is 0. The first-order chi connectivity index (χ1) is 8.66. The Morgan fingerprint density at radius 3 is 2.94 bits per heavy atom. The molecule has 1 saturated carbocycles. The van der Waals surface area contributed by atoms with Crippen LogP contribution in [0.15, 0.2) is 22.8 Å². The van der Waals surface area contributed by atoms with Crippen LogP contribution in [0.1, 0.15) is 31.4 Å². The van der Waals surface area contributed by atoms with Gasteiger partial charge in [-0.05, 0) is 25.0 Å². The number of carbonyl (C=O) groups is 2. The van der Waals surface area contributed by atoms with Gasteiger partial charge in [0, 0.05) is 18.9 Å². The summed E-state index contributed by atoms with van der Waals surface area (Å²) in [4.78, 5) is 22.7. The molecule has 1 aromatic heterocycles. The minimum atomic E-state index is -0.816. The molecule has 1 amide bonds. The fourth-order valence-electron chi connectivity index (χ4n) is 2.40. The first kappa shape index (κ1) is 12.7. The number of nitrogens with one attached hydrogen (secondary N) is 1. The maximum absolute atomic E-state index is 11.7. The van der Waals surface area contributed by atoms with Crippen LogP contribution in [0, 0.1) is 5.92 Å². The van der Waals surface area contributed by atoms with Crippen LogP contribution >= 0.6 is 0 Å². The van der Waals surface area contributed by atoms with Crippen molar-refractivity contribution in [3.05, 3.63) is 24.2 Å². The lowest BCUT2D eigenvalue weighted by Gasteiger charge is -2.17. The Morgan fingerprint density at radius 2 is 2.28 bits per heavy atom. The van der Waals surface area contributed by atoms with Crippen LogP contribution in [0.3, 0.4) is 0 Å². The molecule has 2 rings (SSSR count). The van der Waals surface area contributed by atoms with Gasteiger partial charge in [-0.3, -0.25) is 9.59 Å². The summed E-state index contributed by atoms with van der Waals surface area (Å²) in [5.74, 6) is -0.586. The normalized spacial score (nSPS) is 22.9. The molecule has 2 atom stereocenters. The lowest BCUT2D eigenvalue weighted by atomic mass is 10.0. The van der Waals surface area contributed by atoms with Gasteiger partial charge in [0.15, 0.2) is 0 Å². The SMILES string of the molecule is O=C(CCc1ccco1)NC1CCCC1C(=O)O. The minimum absolute atomic E-state index is 0.107. The Kier molecular flexibility index (Phi) is 4.02. The number of aliphatic carboxylic acids is 1. The van der Waals surface area contributed by atoms with Crippen molar-refractivity contribution in [2.75, 3.05) is 0 Å². The van der Waals surface area contributed by atoms with Gasteiger partial charge in [-0.15, -0.1) is 0 Å². The van der Waals surface area contributed by atoms with Gasteiger partial charge in [-0.1, -0.05) is 6.42 Å². The second-order valence-corrected chi connectivity index (χ2v) is 4.63. The van der Waals surface area contributed by atoms with E-state index in [2.05, 4.69) is 5.32 Å². The van der Waals surface area contributed by atoms with E-state index in [9.17, 15) is 9.59 Å². The van der Waals surface area contributed by atoms with Gasteiger partial charge in [-0.25, -0.2) is 0 Å². The molecule has 1 aliphatic rings. The topological polar surface area (TPSA) is 79.5 Å². The molecule has 1 aliphatic carbocycles. The molecule has 0 aromatic carbocycles. The number of amides is 1. The van der Waals surface area contributed by atoms with E-state index < -0.39 is 11.9 Å². The molecule has 98 valence electrons. The van der Waals surface area contributed by atoms with Crippen LogP contribution < -0.4 is 5.32 Å². The molecule has 5 heteroatoms. The van der Waals surface area contributed by atoms with E-state index >= 15 is 0 Å². The van der Waals surface area contributed by atoms with Crippen molar-refractivity contribution < 1.29 is 19.1 Å². The molecular weight excluding hydrogens is 234 g/mol. The number of carboxylic acid groups (broad SMARTS) is 1. The standard InChI is InChI=1S/C13H17NO4/c15-12(7-6-9-3-2-8-18-9)14-11-5-1-4-10(11)13(16)17/h2-3,8,10-11H,1,4-7H2,(H,14,15)(H,16,17). The summed E-state index contributed by atoms with van der Waals surface area (Å²) in [6.45, 7) is 0. The third kappa shape index (κ3) is 3.12. The van der Waals surface area contributed by atoms with Crippen molar-refractivity contribution in [1.82, 2.24) is 5.32 Å². The van der Waals surface area contributed by atoms with Gasteiger partial charge < -0.3 is 14.8 Å². The van der Waals surface area contributed by atoms with Crippen LogP contribution in [0.5, 0.6) is 0 Å². The first-order valence-corrected chi connectivity index (χ1v) is 6.21. The molecule has 1 aromatic rings. The third-order valence-corrected chi connectivity index (χ3v) is 3.36. The fraction of sp³-hybridized carbons (Fsp3) is 0.538. The molecule has 2 N–H and O–H groups in total. The van der Waals surface area contributed by atoms with E-state index in [4.69, 9.17) is 9.52 Å². The molecule has 1 heterocycles. The predicted molar refractivity (Wildman–Crippen MR) is 63.9 cm³/mol. The monoisotopic (exact) mass is 251 g/mol. The van der Waals surface area contributed by atoms with Gasteiger partial charge in [0.05, 0.1) is 12.2 Å². The molecule has 0 spiro atoms. The number of furan rings is 1. The fourth-order valence-corrected chi connectivity index (χ4v) is 2.40. The number of rotatable bonds is 5. The maximum atomic E-state index is 11.7. The zero-order valence-corrected chi connectivity index (χ0v) is 10.1. The summed E-state index contributed by atoms with van der Waals surface area (Å²) < 4.78 is 5.14. The van der Waals surface area contributed by atoms with Crippen LogP contribution in [-0.2, 0) is 16.0 Å². The Morgan fingerprint density at radius 1 is 1.44 bits per heavy atom. The van der Waals surface area contributed by atoms with E-state index in [1.54, 1.807) is 12.3 Å². The van der Waals surface area contributed by atoms with E-state index in [-0.39, 0.29) is 11.9 Å². The van der Waals surface area contributed by atoms with E-state index in [1.807, 2.05) is 6.07 Å². The molecular formula is C13H17NO4. The molecule has 0 aliphatic heterocycles. The Bertz CT molecular complexity index is 413. The summed E-state index contributed by atoms with van der Waals surface area (Å²) in [6, 6.07) is 3.39. The lowest BCUT2D eigenvalue weighted by molar-refractivity contribution is -0.142. The van der Waals surface area contributed by atoms with Crippen LogP contribution in [-0.4, -0.2) is 23.0 Å². The van der Waals surface area contributed by atoms with Crippen molar-refractivity contribution >= 4 is 11.9 Å². The summed E-state index contributed by atoms with van der Waals surface area (Å²) in [5.41, 5.74) is 0. The highest BCUT2D eigenvalue weighted by molar-refractivity contribution is 5.78. The average Bonchev–Trinajstić information content (AvgIpc) is 2.96. The zero-order chi connectivity index (χ0) is 13.0. The zero-order valence-electron chi connectivity index (χ0n) is 10.1. The van der Waals surface area contributed by atoms with Crippen LogP contribution in [0.25, 0.3) is 0 Å². The second-order valence-electron chi connectivity index (χ2n) is 4.63. The second kappa shape index (κ2) is 5.71. The number of carbonyl (C=O) groups excluding carboxylic acids is 1. The van der Waals surface area contributed by atoms with Gasteiger partial charge in [-0.2, -0.15) is 0 Å². The number of aryl methyl sites for hydroxylation is 1. The highest BCUT2D eigenvalue weighted by Gasteiger charge is 2.33. The highest BCUT2D eigenvalue weighted by Crippen LogP contribution is 2.25. The number of hydrogen-bond acceptors (Lipinski definition) is 3. The molecule has 0 saturated heterocycles. The van der Waals surface area contributed by atoms with Crippen molar-refractivity contribution in [1.29, 1.82) is 0 Å². The van der Waals surface area contributed by atoms with Crippen molar-refractivity contribution in [3.8, 4) is 0 Å². The minimum Gasteiger partial charge on any atom is -0.481 e. The van der Waals surface area contributed by atoms with Gasteiger partial charge >= 0.3 is 5.97 Å². The highest BCUT2D eigenvalue weighted by atomic mass is 16.4. The predicted octanol–water partition coefficient (Wildman–Crippen LogP) is 1.58. The number of hydrogen-bond donors (Lipinski definition) is 2. The van der Waals surface area contributed by atoms with E-state index in [0.29, 0.717) is 19.3 Å². The molecule has 0 radical (unpaired) electrons. The maximum Gasteiger partial charge on any atom is 0.308 e. The van der Waals surface area contributed by atoms with Crippen LogP contribution in [0.4, 0.5) is 0 Å². The van der Waals surface area contributed by atoms with E-state index in [0.717, 1.165) is 18.6 Å². The molecule has 1 fully saturated rings. The third-order valence-electron chi connectivity index (χ3n) is 3.36. The summed E-state index contributed by atoms with van der Waals surface area (Å²) in [5, 5.41) is 11.8. The number of carboxylic acids is 1. The lowest BCUT2D eigenvalue weighted by Crippen LogP contribution is -2.40. The van der Waals surface area contributed by atoms with Gasteiger partial charge in [0.1, 0.15) is 5.76 Å². The average molecular weight is 251 g/mol. The molecule has 0 bridgehead atoms. The van der Waals surface area contributed by atoms with Crippen molar-refractivity contribution in [2.45, 2.75) is 38.1 Å². The van der Waals surface area contributed by atoms with Crippen LogP contribution in [0.2, 0.25) is 0 Å². The molecule has 5 nitrogen and oxygen atoms in total.